The van der Waals surface area contributed by atoms with Crippen LogP contribution in [0.1, 0.15) is 10.4 Å². The Labute approximate surface area is 96.6 Å². The summed E-state index contributed by atoms with van der Waals surface area (Å²) in [7, 11) is 1.29. The molecule has 0 unspecified atom stereocenters. The summed E-state index contributed by atoms with van der Waals surface area (Å²) in [6, 6.07) is 3.08. The van der Waals surface area contributed by atoms with Crippen LogP contribution in [0.4, 0.5) is 5.69 Å². The zero-order chi connectivity index (χ0) is 11.5. The van der Waals surface area contributed by atoms with Crippen molar-refractivity contribution in [2.75, 3.05) is 13.9 Å². The number of carbonyl (C=O) groups is 1. The zero-order valence-corrected chi connectivity index (χ0v) is 9.17. The first-order valence-corrected chi connectivity index (χ1v) is 4.77. The van der Waals surface area contributed by atoms with Gasteiger partial charge < -0.3 is 14.2 Å². The maximum Gasteiger partial charge on any atom is 0.340 e. The number of hydrogen-bond donors (Lipinski definition) is 0. The lowest BCUT2D eigenvalue weighted by Gasteiger charge is -2.04. The van der Waals surface area contributed by atoms with Crippen LogP contribution < -0.4 is 9.47 Å². The van der Waals surface area contributed by atoms with Crippen LogP contribution in [0.5, 0.6) is 11.5 Å². The first kappa shape index (κ1) is 10.6. The fourth-order valence-corrected chi connectivity index (χ4v) is 1.44. The summed E-state index contributed by atoms with van der Waals surface area (Å²) < 4.78 is 14.9. The molecule has 2 rings (SSSR count). The van der Waals surface area contributed by atoms with Crippen LogP contribution in [-0.2, 0) is 4.74 Å². The molecule has 16 heavy (non-hydrogen) atoms. The van der Waals surface area contributed by atoms with Gasteiger partial charge in [0.15, 0.2) is 11.5 Å². The summed E-state index contributed by atoms with van der Waals surface area (Å²) in [5.41, 5.74) is 0.621. The topological polar surface area (TPSA) is 57.1 Å². The van der Waals surface area contributed by atoms with Crippen molar-refractivity contribution in [3.8, 4) is 11.5 Å². The highest BCUT2D eigenvalue weighted by atomic mass is 32.1. The van der Waals surface area contributed by atoms with Crippen molar-refractivity contribution < 1.29 is 19.0 Å². The van der Waals surface area contributed by atoms with Gasteiger partial charge in [-0.15, -0.1) is 0 Å². The van der Waals surface area contributed by atoms with Gasteiger partial charge in [-0.25, -0.2) is 4.79 Å². The van der Waals surface area contributed by atoms with Crippen molar-refractivity contribution >= 4 is 29.0 Å². The molecule has 1 aliphatic heterocycles. The van der Waals surface area contributed by atoms with E-state index < -0.39 is 5.97 Å². The molecule has 0 radical (unpaired) electrons. The minimum absolute atomic E-state index is 0.126. The number of aliphatic imine (C=N–C) groups is 1. The smallest absolute Gasteiger partial charge is 0.340 e. The van der Waals surface area contributed by atoms with E-state index >= 15 is 0 Å². The van der Waals surface area contributed by atoms with Gasteiger partial charge in [0, 0.05) is 12.1 Å². The van der Waals surface area contributed by atoms with Gasteiger partial charge in [-0.05, 0) is 12.2 Å². The highest BCUT2D eigenvalue weighted by Crippen LogP contribution is 2.38. The normalized spacial score (nSPS) is 11.8. The fraction of sp³-hybridized carbons (Fsp3) is 0.200. The molecule has 1 aromatic rings. The molecular weight excluding hydrogens is 230 g/mol. The SMILES string of the molecule is COC(=O)c1cc2c(cc1N=C=S)OCO2. The molecule has 0 saturated heterocycles. The van der Waals surface area contributed by atoms with E-state index in [2.05, 4.69) is 27.1 Å². The van der Waals surface area contributed by atoms with Gasteiger partial charge >= 0.3 is 5.97 Å². The molecule has 0 spiro atoms. The zero-order valence-electron chi connectivity index (χ0n) is 8.35. The number of rotatable bonds is 2. The number of thiocarbonyl (C=S) groups is 1. The van der Waals surface area contributed by atoms with Crippen molar-refractivity contribution in [2.24, 2.45) is 4.99 Å². The molecular formula is C10H7NO4S. The third-order valence-corrected chi connectivity index (χ3v) is 2.15. The number of benzene rings is 1. The van der Waals surface area contributed by atoms with Gasteiger partial charge in [0.1, 0.15) is 0 Å². The number of carbonyl (C=O) groups excluding carboxylic acids is 1. The number of hydrogen-bond acceptors (Lipinski definition) is 6. The molecule has 5 nitrogen and oxygen atoms in total. The second-order valence-electron chi connectivity index (χ2n) is 2.92. The Morgan fingerprint density at radius 2 is 2.19 bits per heavy atom. The average Bonchev–Trinajstić information content (AvgIpc) is 2.74. The number of fused-ring (bicyclic) bond motifs is 1. The van der Waals surface area contributed by atoms with E-state index in [1.807, 2.05) is 0 Å². The van der Waals surface area contributed by atoms with Gasteiger partial charge in [-0.1, -0.05) is 0 Å². The molecule has 0 aliphatic carbocycles. The number of methoxy groups -OCH3 is 1. The van der Waals surface area contributed by atoms with Gasteiger partial charge in [-0.2, -0.15) is 4.99 Å². The van der Waals surface area contributed by atoms with E-state index in [4.69, 9.17) is 9.47 Å². The fourth-order valence-electron chi connectivity index (χ4n) is 1.35. The Morgan fingerprint density at radius 3 is 2.81 bits per heavy atom. The second kappa shape index (κ2) is 4.30. The number of isothiocyanates is 1. The van der Waals surface area contributed by atoms with Gasteiger partial charge in [0.25, 0.3) is 0 Å². The summed E-state index contributed by atoms with van der Waals surface area (Å²) in [6.07, 6.45) is 0. The highest BCUT2D eigenvalue weighted by Gasteiger charge is 2.21. The predicted octanol–water partition coefficient (Wildman–Crippen LogP) is 1.94. The Morgan fingerprint density at radius 1 is 1.50 bits per heavy atom. The van der Waals surface area contributed by atoms with Gasteiger partial charge in [-0.3, -0.25) is 0 Å². The summed E-state index contributed by atoms with van der Waals surface area (Å²) in [4.78, 5) is 15.3. The van der Waals surface area contributed by atoms with E-state index in [-0.39, 0.29) is 12.4 Å². The molecule has 1 heterocycles. The molecule has 82 valence electrons. The summed E-state index contributed by atoms with van der Waals surface area (Å²) in [5.74, 6) is 0.502. The molecule has 6 heteroatoms. The van der Waals surface area contributed by atoms with E-state index in [0.29, 0.717) is 17.2 Å². The highest BCUT2D eigenvalue weighted by molar-refractivity contribution is 7.78. The summed E-state index contributed by atoms with van der Waals surface area (Å²) in [6.45, 7) is 0.126. The first-order valence-electron chi connectivity index (χ1n) is 4.36. The van der Waals surface area contributed by atoms with Gasteiger partial charge in [0.05, 0.1) is 23.5 Å². The number of nitrogens with zero attached hydrogens (tertiary/aromatic N) is 1. The molecule has 0 N–H and O–H groups in total. The Balaban J connectivity index is 2.56. The lowest BCUT2D eigenvalue weighted by atomic mass is 10.1. The summed E-state index contributed by atoms with van der Waals surface area (Å²) in [5, 5.41) is 2.20. The van der Waals surface area contributed by atoms with Crippen LogP contribution in [0.15, 0.2) is 17.1 Å². The molecule has 0 fully saturated rings. The van der Waals surface area contributed by atoms with E-state index in [1.54, 1.807) is 6.07 Å². The van der Waals surface area contributed by atoms with Crippen LogP contribution in [-0.4, -0.2) is 25.0 Å². The second-order valence-corrected chi connectivity index (χ2v) is 3.10. The molecule has 0 saturated carbocycles. The van der Waals surface area contributed by atoms with Crippen LogP contribution in [0, 0.1) is 0 Å². The van der Waals surface area contributed by atoms with Crippen molar-refractivity contribution in [2.45, 2.75) is 0 Å². The Hall–Kier alpha value is -1.91. The number of ether oxygens (including phenoxy) is 3. The molecule has 1 aliphatic rings. The van der Waals surface area contributed by atoms with Crippen molar-refractivity contribution in [3.05, 3.63) is 17.7 Å². The lowest BCUT2D eigenvalue weighted by Crippen LogP contribution is -2.01. The Bertz CT molecular complexity index is 494. The van der Waals surface area contributed by atoms with Crippen molar-refractivity contribution in [1.82, 2.24) is 0 Å². The van der Waals surface area contributed by atoms with Crippen molar-refractivity contribution in [1.29, 1.82) is 0 Å². The third kappa shape index (κ3) is 1.76. The van der Waals surface area contributed by atoms with Crippen LogP contribution >= 0.6 is 12.2 Å². The first-order chi connectivity index (χ1) is 7.76. The predicted molar refractivity (Wildman–Crippen MR) is 58.6 cm³/mol. The minimum atomic E-state index is -0.512. The summed E-state index contributed by atoms with van der Waals surface area (Å²) >= 11 is 4.50. The molecule has 1 aromatic carbocycles. The molecule has 0 amide bonds. The maximum absolute atomic E-state index is 11.5. The van der Waals surface area contributed by atoms with Crippen molar-refractivity contribution in [3.63, 3.8) is 0 Å². The van der Waals surface area contributed by atoms with E-state index in [1.165, 1.54) is 13.2 Å². The van der Waals surface area contributed by atoms with Crippen LogP contribution in [0.25, 0.3) is 0 Å². The quantitative estimate of drug-likeness (QED) is 0.447. The monoisotopic (exact) mass is 237 g/mol. The van der Waals surface area contributed by atoms with Crippen LogP contribution in [0.3, 0.4) is 0 Å². The third-order valence-electron chi connectivity index (χ3n) is 2.06. The average molecular weight is 237 g/mol. The standard InChI is InChI=1S/C10H7NO4S/c1-13-10(12)6-2-8-9(15-5-14-8)3-7(6)11-4-16/h2-3H,5H2,1H3. The lowest BCUT2D eigenvalue weighted by molar-refractivity contribution is 0.0601. The minimum Gasteiger partial charge on any atom is -0.465 e. The van der Waals surface area contributed by atoms with E-state index in [0.717, 1.165) is 0 Å². The molecule has 0 bridgehead atoms. The maximum atomic E-state index is 11.5. The van der Waals surface area contributed by atoms with Gasteiger partial charge in [0.2, 0.25) is 6.79 Å². The van der Waals surface area contributed by atoms with Crippen LogP contribution in [0.2, 0.25) is 0 Å². The molecule has 0 aromatic heterocycles. The number of esters is 1. The van der Waals surface area contributed by atoms with E-state index in [9.17, 15) is 4.79 Å². The largest absolute Gasteiger partial charge is 0.465 e. The Kier molecular flexibility index (Phi) is 2.85. The molecule has 0 atom stereocenters.